The van der Waals surface area contributed by atoms with Gasteiger partial charge in [0.05, 0.1) is 10.7 Å². The number of anilines is 1. The topological polar surface area (TPSA) is 75.3 Å². The number of benzene rings is 1. The highest BCUT2D eigenvalue weighted by Crippen LogP contribution is 2.26. The molecular formula is C11H6Cl2N2O3S2. The number of ketones is 1. The van der Waals surface area contributed by atoms with Crippen LogP contribution < -0.4 is 10.6 Å². The van der Waals surface area contributed by atoms with Crippen LogP contribution in [0.3, 0.4) is 0 Å². The lowest BCUT2D eigenvalue weighted by atomic mass is 10.2. The van der Waals surface area contributed by atoms with Gasteiger partial charge in [0.25, 0.3) is 5.91 Å². The zero-order valence-corrected chi connectivity index (χ0v) is 12.8. The minimum absolute atomic E-state index is 0.172. The molecular weight excluding hydrogens is 343 g/mol. The second-order valence-corrected chi connectivity index (χ2v) is 6.34. The normalized spacial score (nSPS) is 17.8. The van der Waals surface area contributed by atoms with Crippen LogP contribution in [0.25, 0.3) is 0 Å². The highest BCUT2D eigenvalue weighted by atomic mass is 35.5. The molecule has 0 radical (unpaired) electrons. The Labute approximate surface area is 133 Å². The fourth-order valence-electron chi connectivity index (χ4n) is 1.42. The molecule has 1 aromatic carbocycles. The molecule has 9 heteroatoms. The van der Waals surface area contributed by atoms with E-state index in [0.29, 0.717) is 5.02 Å². The Morgan fingerprint density at radius 3 is 2.60 bits per heavy atom. The van der Waals surface area contributed by atoms with E-state index in [-0.39, 0.29) is 15.0 Å². The van der Waals surface area contributed by atoms with Gasteiger partial charge in [-0.2, -0.15) is 0 Å². The van der Waals surface area contributed by atoms with Gasteiger partial charge >= 0.3 is 0 Å². The van der Waals surface area contributed by atoms with Crippen molar-refractivity contribution in [2.75, 3.05) is 5.32 Å². The highest BCUT2D eigenvalue weighted by Gasteiger charge is 2.38. The number of nitrogens with one attached hydrogen (secondary N) is 2. The molecule has 0 unspecified atom stereocenters. The van der Waals surface area contributed by atoms with Crippen molar-refractivity contribution < 1.29 is 14.4 Å². The summed E-state index contributed by atoms with van der Waals surface area (Å²) in [6, 6.07) is 4.40. The molecule has 2 N–H and O–H groups in total. The van der Waals surface area contributed by atoms with Crippen LogP contribution in [0.1, 0.15) is 0 Å². The van der Waals surface area contributed by atoms with E-state index in [1.807, 2.05) is 0 Å². The van der Waals surface area contributed by atoms with Crippen LogP contribution in [-0.2, 0) is 14.4 Å². The number of thiocarbonyl (C=S) groups is 1. The first kappa shape index (κ1) is 15.2. The van der Waals surface area contributed by atoms with Crippen LogP contribution in [0.4, 0.5) is 5.69 Å². The number of rotatable bonds is 3. The number of amides is 2. The predicted molar refractivity (Wildman–Crippen MR) is 82.2 cm³/mol. The van der Waals surface area contributed by atoms with Gasteiger partial charge in [0.2, 0.25) is 11.7 Å². The molecule has 0 aliphatic carbocycles. The maximum Gasteiger partial charge on any atom is 0.293 e. The lowest BCUT2D eigenvalue weighted by Gasteiger charge is -2.08. The molecule has 1 aliphatic heterocycles. The largest absolute Gasteiger partial charge is 0.318 e. The van der Waals surface area contributed by atoms with Gasteiger partial charge < -0.3 is 10.6 Å². The van der Waals surface area contributed by atoms with E-state index in [1.165, 1.54) is 18.2 Å². The molecule has 1 atom stereocenters. The molecule has 0 saturated carbocycles. The van der Waals surface area contributed by atoms with Gasteiger partial charge in [-0.05, 0) is 18.2 Å². The Kier molecular flexibility index (Phi) is 4.64. The van der Waals surface area contributed by atoms with Gasteiger partial charge in [-0.25, -0.2) is 0 Å². The summed E-state index contributed by atoms with van der Waals surface area (Å²) in [4.78, 5) is 35.1. The van der Waals surface area contributed by atoms with Gasteiger partial charge in [-0.15, -0.1) is 0 Å². The van der Waals surface area contributed by atoms with Crippen LogP contribution in [-0.4, -0.2) is 27.2 Å². The monoisotopic (exact) mass is 348 g/mol. The average Bonchev–Trinajstić information content (AvgIpc) is 2.71. The number of carbonyl (C=O) groups is 3. The molecule has 5 nitrogen and oxygen atoms in total. The summed E-state index contributed by atoms with van der Waals surface area (Å²) in [6.07, 6.45) is 0. The minimum Gasteiger partial charge on any atom is -0.318 e. The first-order valence-electron chi connectivity index (χ1n) is 5.20. The van der Waals surface area contributed by atoms with E-state index in [9.17, 15) is 14.4 Å². The molecule has 2 rings (SSSR count). The lowest BCUT2D eigenvalue weighted by Crippen LogP contribution is -2.37. The summed E-state index contributed by atoms with van der Waals surface area (Å²) in [5.74, 6) is -2.42. The van der Waals surface area contributed by atoms with E-state index < -0.39 is 22.8 Å². The summed E-state index contributed by atoms with van der Waals surface area (Å²) < 4.78 is 0.172. The van der Waals surface area contributed by atoms with E-state index >= 15 is 0 Å². The van der Waals surface area contributed by atoms with Gasteiger partial charge in [-0.3, -0.25) is 14.4 Å². The highest BCUT2D eigenvalue weighted by molar-refractivity contribution is 8.25. The first-order chi connectivity index (χ1) is 9.38. The van der Waals surface area contributed by atoms with Crippen molar-refractivity contribution in [2.24, 2.45) is 0 Å². The quantitative estimate of drug-likeness (QED) is 0.496. The lowest BCUT2D eigenvalue weighted by molar-refractivity contribution is -0.136. The smallest absolute Gasteiger partial charge is 0.293 e. The summed E-state index contributed by atoms with van der Waals surface area (Å²) in [6.45, 7) is 0. The summed E-state index contributed by atoms with van der Waals surface area (Å²) in [5.41, 5.74) is 0.236. The Morgan fingerprint density at radius 2 is 2.05 bits per heavy atom. The minimum atomic E-state index is -1.16. The van der Waals surface area contributed by atoms with Crippen LogP contribution in [0, 0.1) is 0 Å². The molecule has 2 amide bonds. The summed E-state index contributed by atoms with van der Waals surface area (Å²) in [7, 11) is 0. The fourth-order valence-corrected chi connectivity index (χ4v) is 3.02. The Balaban J connectivity index is 2.10. The maximum absolute atomic E-state index is 11.9. The molecule has 0 aromatic heterocycles. The van der Waals surface area contributed by atoms with Crippen LogP contribution >= 0.6 is 47.2 Å². The summed E-state index contributed by atoms with van der Waals surface area (Å²) in [5, 5.41) is 4.06. The van der Waals surface area contributed by atoms with Crippen molar-refractivity contribution in [3.8, 4) is 0 Å². The first-order valence-corrected chi connectivity index (χ1v) is 7.24. The molecule has 1 saturated heterocycles. The number of hydrogen-bond donors (Lipinski definition) is 2. The van der Waals surface area contributed by atoms with Crippen molar-refractivity contribution >= 4 is 74.8 Å². The zero-order chi connectivity index (χ0) is 14.9. The third-order valence-corrected chi connectivity index (χ3v) is 4.25. The third kappa shape index (κ3) is 3.29. The Hall–Kier alpha value is -1.15. The van der Waals surface area contributed by atoms with E-state index in [0.717, 1.165) is 11.8 Å². The predicted octanol–water partition coefficient (Wildman–Crippen LogP) is 2.02. The number of thioether (sulfide) groups is 1. The van der Waals surface area contributed by atoms with Crippen LogP contribution in [0.2, 0.25) is 10.0 Å². The Morgan fingerprint density at radius 1 is 1.35 bits per heavy atom. The van der Waals surface area contributed by atoms with Gasteiger partial charge in [0, 0.05) is 5.02 Å². The molecule has 1 heterocycles. The molecule has 0 spiro atoms. The molecule has 104 valence electrons. The molecule has 1 aliphatic rings. The molecule has 1 aromatic rings. The van der Waals surface area contributed by atoms with Crippen molar-refractivity contribution in [1.29, 1.82) is 0 Å². The number of hydrogen-bond acceptors (Lipinski definition) is 5. The van der Waals surface area contributed by atoms with E-state index in [4.69, 9.17) is 35.4 Å². The zero-order valence-electron chi connectivity index (χ0n) is 9.61. The van der Waals surface area contributed by atoms with Crippen LogP contribution in [0.15, 0.2) is 18.2 Å². The standard InChI is InChI=1S/C11H6Cl2N2O3S2/c12-4-1-2-6(5(13)3-4)14-9(17)7(16)8-10(18)15-11(19)20-8/h1-3,8H,(H,14,17)(H,15,18,19)/t8-/m1/s1. The molecule has 20 heavy (non-hydrogen) atoms. The number of halogens is 2. The Bertz CT molecular complexity index is 636. The van der Waals surface area contributed by atoms with E-state index in [1.54, 1.807) is 0 Å². The third-order valence-electron chi connectivity index (χ3n) is 2.33. The van der Waals surface area contributed by atoms with E-state index in [2.05, 4.69) is 10.6 Å². The molecule has 1 fully saturated rings. The van der Waals surface area contributed by atoms with Crippen molar-refractivity contribution in [3.05, 3.63) is 28.2 Å². The average molecular weight is 349 g/mol. The second-order valence-electron chi connectivity index (χ2n) is 3.72. The fraction of sp³-hybridized carbons (Fsp3) is 0.0909. The van der Waals surface area contributed by atoms with Gasteiger partial charge in [0.15, 0.2) is 5.25 Å². The van der Waals surface area contributed by atoms with Crippen molar-refractivity contribution in [2.45, 2.75) is 5.25 Å². The maximum atomic E-state index is 11.9. The van der Waals surface area contributed by atoms with Crippen molar-refractivity contribution in [1.82, 2.24) is 5.32 Å². The second kappa shape index (κ2) is 6.09. The summed E-state index contributed by atoms with van der Waals surface area (Å²) >= 11 is 17.2. The SMILES string of the molecule is O=C(Nc1ccc(Cl)cc1Cl)C(=O)[C@H]1SC(=S)NC1=O. The molecule has 0 bridgehead atoms. The number of Topliss-reactive ketones (excluding diaryl/α,β-unsaturated/α-hetero) is 1. The van der Waals surface area contributed by atoms with Crippen molar-refractivity contribution in [3.63, 3.8) is 0 Å². The van der Waals surface area contributed by atoms with Crippen LogP contribution in [0.5, 0.6) is 0 Å². The van der Waals surface area contributed by atoms with Gasteiger partial charge in [0.1, 0.15) is 4.32 Å². The van der Waals surface area contributed by atoms with Gasteiger partial charge in [-0.1, -0.05) is 47.2 Å². The number of carbonyl (C=O) groups excluding carboxylic acids is 3.